The molecule has 7 nitrogen and oxygen atoms in total. The number of rotatable bonds is 4. The first-order valence-electron chi connectivity index (χ1n) is 9.13. The van der Waals surface area contributed by atoms with E-state index in [0.717, 1.165) is 6.42 Å². The van der Waals surface area contributed by atoms with E-state index in [2.05, 4.69) is 9.97 Å². The predicted octanol–water partition coefficient (Wildman–Crippen LogP) is 2.47. The van der Waals surface area contributed by atoms with Gasteiger partial charge in [0.2, 0.25) is 5.91 Å². The molecule has 0 bridgehead atoms. The van der Waals surface area contributed by atoms with Crippen molar-refractivity contribution in [2.75, 3.05) is 37.7 Å². The third-order valence-corrected chi connectivity index (χ3v) is 4.65. The summed E-state index contributed by atoms with van der Waals surface area (Å²) in [7, 11) is 0. The lowest BCUT2D eigenvalue weighted by molar-refractivity contribution is -0.130. The molecular weight excluding hydrogens is 368 g/mol. The molecule has 1 aromatic heterocycles. The highest BCUT2D eigenvalue weighted by Gasteiger charge is 2.26. The van der Waals surface area contributed by atoms with Crippen molar-refractivity contribution in [3.8, 4) is 0 Å². The Labute approximate surface area is 163 Å². The number of halogens is 1. The zero-order valence-corrected chi connectivity index (χ0v) is 16.3. The molecule has 1 fully saturated rings. The third-order valence-electron chi connectivity index (χ3n) is 4.47. The van der Waals surface area contributed by atoms with Crippen LogP contribution in [0.25, 0.3) is 11.0 Å². The van der Waals surface area contributed by atoms with Gasteiger partial charge >= 0.3 is 5.97 Å². The number of alkyl halides is 1. The minimum absolute atomic E-state index is 0.0753. The molecule has 0 spiro atoms. The topological polar surface area (TPSA) is 75.6 Å². The van der Waals surface area contributed by atoms with Crippen LogP contribution in [-0.4, -0.2) is 64.9 Å². The Kier molecular flexibility index (Phi) is 6.11. The molecule has 144 valence electrons. The summed E-state index contributed by atoms with van der Waals surface area (Å²) in [4.78, 5) is 37.6. The molecule has 1 saturated heterocycles. The number of carbonyl (C=O) groups excluding carboxylic acids is 2. The molecule has 0 saturated carbocycles. The van der Waals surface area contributed by atoms with E-state index in [1.165, 1.54) is 0 Å². The smallest absolute Gasteiger partial charge is 0.360 e. The number of esters is 1. The number of hydrogen-bond acceptors (Lipinski definition) is 6. The number of nitrogens with zero attached hydrogens (tertiary/aromatic N) is 4. The molecule has 27 heavy (non-hydrogen) atoms. The van der Waals surface area contributed by atoms with Gasteiger partial charge in [-0.3, -0.25) is 4.79 Å². The van der Waals surface area contributed by atoms with Crippen LogP contribution in [-0.2, 0) is 9.53 Å². The van der Waals surface area contributed by atoms with Crippen molar-refractivity contribution < 1.29 is 14.3 Å². The van der Waals surface area contributed by atoms with E-state index in [1.807, 2.05) is 29.2 Å². The van der Waals surface area contributed by atoms with Gasteiger partial charge in [-0.25, -0.2) is 14.8 Å². The van der Waals surface area contributed by atoms with Crippen molar-refractivity contribution in [2.45, 2.75) is 25.6 Å². The van der Waals surface area contributed by atoms with Crippen LogP contribution in [0.15, 0.2) is 24.3 Å². The van der Waals surface area contributed by atoms with Crippen molar-refractivity contribution in [1.82, 2.24) is 14.9 Å². The number of aromatic nitrogens is 2. The number of ether oxygens (including phenoxy) is 1. The van der Waals surface area contributed by atoms with Gasteiger partial charge in [0.25, 0.3) is 0 Å². The van der Waals surface area contributed by atoms with E-state index in [1.54, 1.807) is 18.7 Å². The van der Waals surface area contributed by atoms with Gasteiger partial charge < -0.3 is 14.5 Å². The Balaban J connectivity index is 1.93. The molecule has 1 aliphatic heterocycles. The molecule has 1 unspecified atom stereocenters. The van der Waals surface area contributed by atoms with Gasteiger partial charge in [-0.15, -0.1) is 11.6 Å². The molecule has 1 aromatic carbocycles. The Morgan fingerprint density at radius 2 is 1.85 bits per heavy atom. The largest absolute Gasteiger partial charge is 0.461 e. The summed E-state index contributed by atoms with van der Waals surface area (Å²) in [6, 6.07) is 7.42. The normalized spacial score (nSPS) is 16.1. The Morgan fingerprint density at radius 1 is 1.15 bits per heavy atom. The second-order valence-corrected chi connectivity index (χ2v) is 7.04. The fourth-order valence-corrected chi connectivity index (χ4v) is 3.29. The second-order valence-electron chi connectivity index (χ2n) is 6.39. The summed E-state index contributed by atoms with van der Waals surface area (Å²) in [6.07, 6.45) is 0.756. The average Bonchev–Trinajstić information content (AvgIpc) is 2.92. The maximum absolute atomic E-state index is 12.5. The molecule has 2 aromatic rings. The quantitative estimate of drug-likeness (QED) is 0.589. The molecule has 0 aliphatic carbocycles. The van der Waals surface area contributed by atoms with E-state index in [4.69, 9.17) is 16.3 Å². The lowest BCUT2D eigenvalue weighted by Gasteiger charge is -2.24. The monoisotopic (exact) mass is 390 g/mol. The Bertz CT molecular complexity index is 843. The standard InChI is InChI=1S/C19H23ClN4O3/c1-3-27-19(26)16-17(22-15-8-5-4-7-14(15)21-16)23-9-6-10-24(12-11-23)18(25)13(2)20/h4-5,7-8,13H,3,6,9-12H2,1-2H3. The SMILES string of the molecule is CCOC(=O)c1nc2ccccc2nc1N1CCCN(C(=O)C(C)Cl)CC1. The van der Waals surface area contributed by atoms with E-state index in [-0.39, 0.29) is 18.2 Å². The van der Waals surface area contributed by atoms with Gasteiger partial charge in [-0.1, -0.05) is 12.1 Å². The highest BCUT2D eigenvalue weighted by Crippen LogP contribution is 2.23. The van der Waals surface area contributed by atoms with E-state index in [0.29, 0.717) is 43.0 Å². The van der Waals surface area contributed by atoms with Crippen LogP contribution in [0.1, 0.15) is 30.8 Å². The van der Waals surface area contributed by atoms with Crippen molar-refractivity contribution in [3.63, 3.8) is 0 Å². The van der Waals surface area contributed by atoms with Crippen LogP contribution in [0.2, 0.25) is 0 Å². The number of para-hydroxylation sites is 2. The molecule has 8 heteroatoms. The molecule has 2 heterocycles. The van der Waals surface area contributed by atoms with E-state index < -0.39 is 11.3 Å². The summed E-state index contributed by atoms with van der Waals surface area (Å²) in [5, 5.41) is -0.549. The van der Waals surface area contributed by atoms with Crippen LogP contribution in [0, 0.1) is 0 Å². The van der Waals surface area contributed by atoms with Gasteiger partial charge in [0.05, 0.1) is 17.6 Å². The molecule has 1 amide bonds. The zero-order chi connectivity index (χ0) is 19.4. The summed E-state index contributed by atoms with van der Waals surface area (Å²) in [5.41, 5.74) is 1.57. The second kappa shape index (κ2) is 8.52. The summed E-state index contributed by atoms with van der Waals surface area (Å²) >= 11 is 5.95. The first kappa shape index (κ1) is 19.4. The predicted molar refractivity (Wildman–Crippen MR) is 104 cm³/mol. The van der Waals surface area contributed by atoms with Crippen molar-refractivity contribution in [3.05, 3.63) is 30.0 Å². The van der Waals surface area contributed by atoms with Crippen LogP contribution in [0.3, 0.4) is 0 Å². The maximum Gasteiger partial charge on any atom is 0.360 e. The third kappa shape index (κ3) is 4.30. The van der Waals surface area contributed by atoms with Gasteiger partial charge in [0, 0.05) is 26.2 Å². The van der Waals surface area contributed by atoms with Crippen LogP contribution >= 0.6 is 11.6 Å². The van der Waals surface area contributed by atoms with Crippen LogP contribution < -0.4 is 4.90 Å². The Morgan fingerprint density at radius 3 is 2.52 bits per heavy atom. The number of carbonyl (C=O) groups is 2. The van der Waals surface area contributed by atoms with Gasteiger partial charge in [-0.05, 0) is 32.4 Å². The number of hydrogen-bond donors (Lipinski definition) is 0. The molecule has 1 atom stereocenters. The summed E-state index contributed by atoms with van der Waals surface area (Å²) in [6.45, 7) is 6.07. The maximum atomic E-state index is 12.5. The molecule has 3 rings (SSSR count). The average molecular weight is 391 g/mol. The minimum atomic E-state index is -0.549. The number of anilines is 1. The van der Waals surface area contributed by atoms with Crippen molar-refractivity contribution >= 4 is 40.3 Å². The molecule has 1 aliphatic rings. The zero-order valence-electron chi connectivity index (χ0n) is 15.5. The van der Waals surface area contributed by atoms with Gasteiger partial charge in [0.1, 0.15) is 5.38 Å². The molecule has 0 N–H and O–H groups in total. The summed E-state index contributed by atoms with van der Waals surface area (Å²) in [5.74, 6) is -0.0635. The number of fused-ring (bicyclic) bond motifs is 1. The van der Waals surface area contributed by atoms with Crippen LogP contribution in [0.4, 0.5) is 5.82 Å². The first-order chi connectivity index (χ1) is 13.0. The van der Waals surface area contributed by atoms with Crippen molar-refractivity contribution in [1.29, 1.82) is 0 Å². The Hall–Kier alpha value is -2.41. The molecule has 0 radical (unpaired) electrons. The highest BCUT2D eigenvalue weighted by atomic mass is 35.5. The minimum Gasteiger partial charge on any atom is -0.461 e. The number of benzene rings is 1. The summed E-state index contributed by atoms with van der Waals surface area (Å²) < 4.78 is 5.18. The lowest BCUT2D eigenvalue weighted by atomic mass is 10.2. The van der Waals surface area contributed by atoms with Gasteiger partial charge in [0.15, 0.2) is 11.5 Å². The highest BCUT2D eigenvalue weighted by molar-refractivity contribution is 6.30. The fourth-order valence-electron chi connectivity index (χ4n) is 3.15. The van der Waals surface area contributed by atoms with Gasteiger partial charge in [-0.2, -0.15) is 0 Å². The molecular formula is C19H23ClN4O3. The fraction of sp³-hybridized carbons (Fsp3) is 0.474. The van der Waals surface area contributed by atoms with Crippen molar-refractivity contribution in [2.24, 2.45) is 0 Å². The van der Waals surface area contributed by atoms with E-state index >= 15 is 0 Å². The van der Waals surface area contributed by atoms with E-state index in [9.17, 15) is 9.59 Å². The first-order valence-corrected chi connectivity index (χ1v) is 9.56. The lowest BCUT2D eigenvalue weighted by Crippen LogP contribution is -2.39. The van der Waals surface area contributed by atoms with Crippen LogP contribution in [0.5, 0.6) is 0 Å². The number of amides is 1.